The molecule has 0 fully saturated rings. The molecule has 0 unspecified atom stereocenters. The molecule has 0 aliphatic heterocycles. The number of carbonyl (C=O) groups excluding carboxylic acids is 2. The molecule has 0 bridgehead atoms. The summed E-state index contributed by atoms with van der Waals surface area (Å²) in [4.78, 5) is 25.5. The van der Waals surface area contributed by atoms with Crippen molar-refractivity contribution in [3.63, 3.8) is 0 Å². The lowest BCUT2D eigenvalue weighted by Crippen LogP contribution is -2.49. The Labute approximate surface area is 189 Å². The molecule has 2 rings (SSSR count). The quantitative estimate of drug-likeness (QED) is 0.553. The third-order valence-electron chi connectivity index (χ3n) is 4.85. The molecular formula is C24H32N2O6. The lowest BCUT2D eigenvalue weighted by molar-refractivity contribution is -0.124. The Bertz CT molecular complexity index is 886. The van der Waals surface area contributed by atoms with E-state index >= 15 is 0 Å². The van der Waals surface area contributed by atoms with Crippen molar-refractivity contribution in [3.05, 3.63) is 47.5 Å². The SMILES string of the molecule is CCOc1ccc(C(=O)N[C@H](C(=O)NCc2cc(OC)c(OC)c(OC)c2)C(C)C)cc1. The van der Waals surface area contributed by atoms with E-state index in [1.807, 2.05) is 20.8 Å². The normalized spacial score (nSPS) is 11.5. The molecule has 0 saturated heterocycles. The first kappa shape index (κ1) is 24.8. The molecule has 2 amide bonds. The van der Waals surface area contributed by atoms with Gasteiger partial charge in [0.2, 0.25) is 11.7 Å². The number of hydrogen-bond acceptors (Lipinski definition) is 6. The first-order valence-electron chi connectivity index (χ1n) is 10.4. The predicted octanol–water partition coefficient (Wildman–Crippen LogP) is 3.18. The number of nitrogens with one attached hydrogen (secondary N) is 2. The van der Waals surface area contributed by atoms with E-state index in [4.69, 9.17) is 18.9 Å². The van der Waals surface area contributed by atoms with Crippen molar-refractivity contribution in [3.8, 4) is 23.0 Å². The van der Waals surface area contributed by atoms with Crippen molar-refractivity contribution in [2.24, 2.45) is 5.92 Å². The van der Waals surface area contributed by atoms with E-state index in [-0.39, 0.29) is 24.3 Å². The highest BCUT2D eigenvalue weighted by molar-refractivity contribution is 5.97. The van der Waals surface area contributed by atoms with Crippen LogP contribution in [0.25, 0.3) is 0 Å². The van der Waals surface area contributed by atoms with Crippen LogP contribution in [0.2, 0.25) is 0 Å². The number of amides is 2. The monoisotopic (exact) mass is 444 g/mol. The summed E-state index contributed by atoms with van der Waals surface area (Å²) in [6, 6.07) is 9.64. The highest BCUT2D eigenvalue weighted by atomic mass is 16.5. The van der Waals surface area contributed by atoms with Crippen LogP contribution in [0.5, 0.6) is 23.0 Å². The molecule has 0 saturated carbocycles. The van der Waals surface area contributed by atoms with E-state index < -0.39 is 6.04 Å². The van der Waals surface area contributed by atoms with E-state index in [1.54, 1.807) is 36.4 Å². The van der Waals surface area contributed by atoms with Gasteiger partial charge < -0.3 is 29.6 Å². The lowest BCUT2D eigenvalue weighted by atomic mass is 10.0. The second kappa shape index (κ2) is 11.8. The summed E-state index contributed by atoms with van der Waals surface area (Å²) in [7, 11) is 4.60. The molecule has 0 heterocycles. The van der Waals surface area contributed by atoms with E-state index in [0.717, 1.165) is 5.56 Å². The number of rotatable bonds is 11. The molecule has 0 spiro atoms. The van der Waals surface area contributed by atoms with Gasteiger partial charge in [0.25, 0.3) is 5.91 Å². The van der Waals surface area contributed by atoms with Crippen LogP contribution in [0, 0.1) is 5.92 Å². The van der Waals surface area contributed by atoms with Crippen LogP contribution in [-0.2, 0) is 11.3 Å². The molecule has 0 aliphatic rings. The molecule has 1 atom stereocenters. The fourth-order valence-corrected chi connectivity index (χ4v) is 3.17. The van der Waals surface area contributed by atoms with Gasteiger partial charge in [0, 0.05) is 12.1 Å². The third kappa shape index (κ3) is 6.29. The Morgan fingerprint density at radius 2 is 1.53 bits per heavy atom. The number of benzene rings is 2. The Morgan fingerprint density at radius 1 is 0.938 bits per heavy atom. The molecule has 32 heavy (non-hydrogen) atoms. The van der Waals surface area contributed by atoms with Gasteiger partial charge in [0.05, 0.1) is 27.9 Å². The summed E-state index contributed by atoms with van der Waals surface area (Å²) in [6.07, 6.45) is 0. The molecule has 8 nitrogen and oxygen atoms in total. The fourth-order valence-electron chi connectivity index (χ4n) is 3.17. The molecule has 8 heteroatoms. The Morgan fingerprint density at radius 3 is 2.00 bits per heavy atom. The van der Waals surface area contributed by atoms with Crippen molar-refractivity contribution in [2.75, 3.05) is 27.9 Å². The molecule has 2 aromatic carbocycles. The van der Waals surface area contributed by atoms with Gasteiger partial charge in [0.1, 0.15) is 11.8 Å². The molecule has 2 aromatic rings. The third-order valence-corrected chi connectivity index (χ3v) is 4.85. The summed E-state index contributed by atoms with van der Waals surface area (Å²) in [5, 5.41) is 5.70. The smallest absolute Gasteiger partial charge is 0.251 e. The van der Waals surface area contributed by atoms with Gasteiger partial charge in [-0.05, 0) is 54.8 Å². The van der Waals surface area contributed by atoms with Gasteiger partial charge in [0.15, 0.2) is 11.5 Å². The molecule has 0 radical (unpaired) electrons. The highest BCUT2D eigenvalue weighted by Gasteiger charge is 2.25. The van der Waals surface area contributed by atoms with Crippen LogP contribution < -0.4 is 29.6 Å². The topological polar surface area (TPSA) is 95.1 Å². The van der Waals surface area contributed by atoms with E-state index in [9.17, 15) is 9.59 Å². The number of ether oxygens (including phenoxy) is 4. The standard InChI is InChI=1S/C24H32N2O6/c1-7-32-18-10-8-17(9-11-18)23(27)26-21(15(2)3)24(28)25-14-16-12-19(29-4)22(31-6)20(13-16)30-5/h8-13,15,21H,7,14H2,1-6H3,(H,25,28)(H,26,27)/t21-/m0/s1. The minimum Gasteiger partial charge on any atom is -0.494 e. The van der Waals surface area contributed by atoms with Gasteiger partial charge in [-0.15, -0.1) is 0 Å². The van der Waals surface area contributed by atoms with Crippen molar-refractivity contribution in [2.45, 2.75) is 33.4 Å². The van der Waals surface area contributed by atoms with Crippen molar-refractivity contribution < 1.29 is 28.5 Å². The summed E-state index contributed by atoms with van der Waals surface area (Å²) in [5.41, 5.74) is 1.23. The Kier molecular flexibility index (Phi) is 9.19. The van der Waals surface area contributed by atoms with E-state index in [0.29, 0.717) is 35.2 Å². The molecular weight excluding hydrogens is 412 g/mol. The summed E-state index contributed by atoms with van der Waals surface area (Å²) < 4.78 is 21.4. The zero-order chi connectivity index (χ0) is 23.7. The Balaban J connectivity index is 2.08. The maximum absolute atomic E-state index is 12.9. The first-order valence-corrected chi connectivity index (χ1v) is 10.4. The van der Waals surface area contributed by atoms with E-state index in [1.165, 1.54) is 21.3 Å². The molecule has 0 aliphatic carbocycles. The Hall–Kier alpha value is -3.42. The minimum absolute atomic E-state index is 0.110. The number of methoxy groups -OCH3 is 3. The second-order valence-corrected chi connectivity index (χ2v) is 7.40. The zero-order valence-electron chi connectivity index (χ0n) is 19.5. The van der Waals surface area contributed by atoms with Gasteiger partial charge in [-0.3, -0.25) is 9.59 Å². The van der Waals surface area contributed by atoms with Crippen LogP contribution >= 0.6 is 0 Å². The fraction of sp³-hybridized carbons (Fsp3) is 0.417. The molecule has 174 valence electrons. The summed E-state index contributed by atoms with van der Waals surface area (Å²) in [5.74, 6) is 1.45. The maximum Gasteiger partial charge on any atom is 0.251 e. The number of carbonyl (C=O) groups is 2. The van der Waals surface area contributed by atoms with Crippen LogP contribution in [0.3, 0.4) is 0 Å². The molecule has 2 N–H and O–H groups in total. The van der Waals surface area contributed by atoms with Crippen molar-refractivity contribution >= 4 is 11.8 Å². The summed E-state index contributed by atoms with van der Waals surface area (Å²) in [6.45, 7) is 6.43. The van der Waals surface area contributed by atoms with E-state index in [2.05, 4.69) is 10.6 Å². The van der Waals surface area contributed by atoms with Gasteiger partial charge in [-0.25, -0.2) is 0 Å². The van der Waals surface area contributed by atoms with Crippen LogP contribution in [0.1, 0.15) is 36.7 Å². The lowest BCUT2D eigenvalue weighted by Gasteiger charge is -2.22. The largest absolute Gasteiger partial charge is 0.494 e. The maximum atomic E-state index is 12.9. The van der Waals surface area contributed by atoms with Crippen molar-refractivity contribution in [1.82, 2.24) is 10.6 Å². The van der Waals surface area contributed by atoms with Gasteiger partial charge >= 0.3 is 0 Å². The van der Waals surface area contributed by atoms with Gasteiger partial charge in [-0.1, -0.05) is 13.8 Å². The molecule has 0 aromatic heterocycles. The zero-order valence-corrected chi connectivity index (χ0v) is 19.5. The van der Waals surface area contributed by atoms with Crippen LogP contribution in [-0.4, -0.2) is 45.8 Å². The van der Waals surface area contributed by atoms with Crippen molar-refractivity contribution in [1.29, 1.82) is 0 Å². The van der Waals surface area contributed by atoms with Crippen LogP contribution in [0.15, 0.2) is 36.4 Å². The summed E-state index contributed by atoms with van der Waals surface area (Å²) >= 11 is 0. The second-order valence-electron chi connectivity index (χ2n) is 7.40. The first-order chi connectivity index (χ1) is 15.3. The highest BCUT2D eigenvalue weighted by Crippen LogP contribution is 2.38. The van der Waals surface area contributed by atoms with Gasteiger partial charge in [-0.2, -0.15) is 0 Å². The van der Waals surface area contributed by atoms with Crippen LogP contribution in [0.4, 0.5) is 0 Å². The number of hydrogen-bond donors (Lipinski definition) is 2. The average molecular weight is 445 g/mol. The average Bonchev–Trinajstić information content (AvgIpc) is 2.80. The minimum atomic E-state index is -0.698. The predicted molar refractivity (Wildman–Crippen MR) is 122 cm³/mol.